The van der Waals surface area contributed by atoms with E-state index in [1.807, 2.05) is 6.92 Å². The number of halogens is 4. The molecule has 1 atom stereocenters. The van der Waals surface area contributed by atoms with Gasteiger partial charge in [-0.2, -0.15) is 13.2 Å². The molecule has 0 aliphatic carbocycles. The molecule has 0 saturated carbocycles. The van der Waals surface area contributed by atoms with Crippen LogP contribution in [0.2, 0.25) is 0 Å². The normalized spacial score (nSPS) is 13.9. The molecule has 0 heterocycles. The summed E-state index contributed by atoms with van der Waals surface area (Å²) in [5.41, 5.74) is 0. The first-order chi connectivity index (χ1) is 5.89. The number of hydrogen-bond donors (Lipinski definition) is 0. The van der Waals surface area contributed by atoms with E-state index in [0.717, 1.165) is 6.42 Å². The number of alkyl halides is 4. The van der Waals surface area contributed by atoms with Crippen LogP contribution in [-0.4, -0.2) is 23.6 Å². The molecule has 0 radical (unpaired) electrons. The average molecular weight is 263 g/mol. The van der Waals surface area contributed by atoms with Crippen molar-refractivity contribution in [1.29, 1.82) is 0 Å². The SMILES string of the molecule is CCCCOC(=O)[C@@H](Br)C(F)(F)F. The topological polar surface area (TPSA) is 26.3 Å². The van der Waals surface area contributed by atoms with Crippen LogP contribution < -0.4 is 0 Å². The zero-order chi connectivity index (χ0) is 10.5. The highest BCUT2D eigenvalue weighted by atomic mass is 79.9. The maximum Gasteiger partial charge on any atom is 0.411 e. The van der Waals surface area contributed by atoms with Crippen LogP contribution in [0.4, 0.5) is 13.2 Å². The van der Waals surface area contributed by atoms with Crippen molar-refractivity contribution in [3.05, 3.63) is 0 Å². The van der Waals surface area contributed by atoms with E-state index in [4.69, 9.17) is 0 Å². The Balaban J connectivity index is 3.84. The second-order valence-electron chi connectivity index (χ2n) is 2.43. The number of unbranched alkanes of at least 4 members (excludes halogenated alkanes) is 1. The van der Waals surface area contributed by atoms with Crippen LogP contribution in [0.1, 0.15) is 19.8 Å². The van der Waals surface area contributed by atoms with Gasteiger partial charge in [0.2, 0.25) is 4.83 Å². The number of esters is 1. The average Bonchev–Trinajstić information content (AvgIpc) is 2.01. The van der Waals surface area contributed by atoms with E-state index in [9.17, 15) is 18.0 Å². The van der Waals surface area contributed by atoms with Gasteiger partial charge in [-0.1, -0.05) is 29.3 Å². The highest BCUT2D eigenvalue weighted by molar-refractivity contribution is 9.10. The van der Waals surface area contributed by atoms with Gasteiger partial charge < -0.3 is 4.74 Å². The molecule has 6 heteroatoms. The van der Waals surface area contributed by atoms with Crippen LogP contribution in [-0.2, 0) is 9.53 Å². The van der Waals surface area contributed by atoms with Gasteiger partial charge in [0.1, 0.15) is 0 Å². The zero-order valence-corrected chi connectivity index (χ0v) is 8.61. The third kappa shape index (κ3) is 5.13. The van der Waals surface area contributed by atoms with E-state index in [0.29, 0.717) is 6.42 Å². The van der Waals surface area contributed by atoms with Gasteiger partial charge in [0.15, 0.2) is 0 Å². The molecule has 2 nitrogen and oxygen atoms in total. The van der Waals surface area contributed by atoms with Crippen LogP contribution in [0.5, 0.6) is 0 Å². The predicted molar refractivity (Wildman–Crippen MR) is 44.6 cm³/mol. The van der Waals surface area contributed by atoms with E-state index < -0.39 is 17.0 Å². The Labute approximate surface area is 82.6 Å². The fourth-order valence-corrected chi connectivity index (χ4v) is 0.656. The molecule has 0 aromatic carbocycles. The number of hydrogen-bond acceptors (Lipinski definition) is 2. The summed E-state index contributed by atoms with van der Waals surface area (Å²) in [6.07, 6.45) is -3.24. The Morgan fingerprint density at radius 3 is 2.46 bits per heavy atom. The molecule has 0 fully saturated rings. The van der Waals surface area contributed by atoms with Crippen LogP contribution in [0.3, 0.4) is 0 Å². The first-order valence-corrected chi connectivity index (χ1v) is 4.68. The van der Waals surface area contributed by atoms with Crippen molar-refractivity contribution < 1.29 is 22.7 Å². The molecule has 0 aromatic rings. The Morgan fingerprint density at radius 2 is 2.08 bits per heavy atom. The summed E-state index contributed by atoms with van der Waals surface area (Å²) in [6, 6.07) is 0. The summed E-state index contributed by atoms with van der Waals surface area (Å²) in [7, 11) is 0. The van der Waals surface area contributed by atoms with Gasteiger partial charge in [0, 0.05) is 0 Å². The standard InChI is InChI=1S/C7H10BrF3O2/c1-2-3-4-13-6(12)5(8)7(9,10)11/h5H,2-4H2,1H3/t5-/m1/s1. The summed E-state index contributed by atoms with van der Waals surface area (Å²) in [5, 5.41) is 0. The van der Waals surface area contributed by atoms with Gasteiger partial charge >= 0.3 is 12.1 Å². The quantitative estimate of drug-likeness (QED) is 0.443. The lowest BCUT2D eigenvalue weighted by atomic mass is 10.3. The molecule has 0 unspecified atom stereocenters. The van der Waals surface area contributed by atoms with Crippen LogP contribution in [0, 0.1) is 0 Å². The molecule has 0 aliphatic heterocycles. The first-order valence-electron chi connectivity index (χ1n) is 3.77. The van der Waals surface area contributed by atoms with Gasteiger partial charge in [0.05, 0.1) is 6.61 Å². The predicted octanol–water partition coefficient (Wildman–Crippen LogP) is 2.66. The Bertz CT molecular complexity index is 170. The van der Waals surface area contributed by atoms with Crippen molar-refractivity contribution in [2.24, 2.45) is 0 Å². The molecule has 0 N–H and O–H groups in total. The lowest BCUT2D eigenvalue weighted by molar-refractivity contribution is -0.167. The van der Waals surface area contributed by atoms with E-state index in [-0.39, 0.29) is 6.61 Å². The van der Waals surface area contributed by atoms with E-state index >= 15 is 0 Å². The van der Waals surface area contributed by atoms with Crippen molar-refractivity contribution in [3.63, 3.8) is 0 Å². The lowest BCUT2D eigenvalue weighted by Gasteiger charge is -2.12. The minimum absolute atomic E-state index is 0.0352. The number of carbonyl (C=O) groups excluding carboxylic acids is 1. The summed E-state index contributed by atoms with van der Waals surface area (Å²) in [4.78, 5) is 8.46. The van der Waals surface area contributed by atoms with E-state index in [2.05, 4.69) is 20.7 Å². The number of carbonyl (C=O) groups is 1. The second-order valence-corrected chi connectivity index (χ2v) is 3.34. The monoisotopic (exact) mass is 262 g/mol. The van der Waals surface area contributed by atoms with Gasteiger partial charge in [-0.3, -0.25) is 4.79 Å². The second kappa shape index (κ2) is 5.47. The molecular weight excluding hydrogens is 253 g/mol. The molecule has 13 heavy (non-hydrogen) atoms. The molecular formula is C7H10BrF3O2. The zero-order valence-electron chi connectivity index (χ0n) is 7.03. The minimum atomic E-state index is -4.58. The highest BCUT2D eigenvalue weighted by Gasteiger charge is 2.44. The summed E-state index contributed by atoms with van der Waals surface area (Å²) < 4.78 is 39.9. The molecule has 0 bridgehead atoms. The van der Waals surface area contributed by atoms with Gasteiger partial charge in [0.25, 0.3) is 0 Å². The largest absolute Gasteiger partial charge is 0.465 e. The highest BCUT2D eigenvalue weighted by Crippen LogP contribution is 2.27. The van der Waals surface area contributed by atoms with E-state index in [1.54, 1.807) is 0 Å². The van der Waals surface area contributed by atoms with Crippen molar-refractivity contribution >= 4 is 21.9 Å². The maximum atomic E-state index is 11.9. The lowest BCUT2D eigenvalue weighted by Crippen LogP contribution is -2.32. The third-order valence-corrected chi connectivity index (χ3v) is 2.13. The van der Waals surface area contributed by atoms with Gasteiger partial charge in [-0.25, -0.2) is 0 Å². The van der Waals surface area contributed by atoms with Crippen molar-refractivity contribution in [2.75, 3.05) is 6.61 Å². The Hall–Kier alpha value is -0.260. The maximum absolute atomic E-state index is 11.9. The molecule has 0 aliphatic rings. The Kier molecular flexibility index (Phi) is 5.36. The Morgan fingerprint density at radius 1 is 1.54 bits per heavy atom. The molecule has 0 aromatic heterocycles. The minimum Gasteiger partial charge on any atom is -0.465 e. The fraction of sp³-hybridized carbons (Fsp3) is 0.857. The molecule has 78 valence electrons. The summed E-state index contributed by atoms with van der Waals surface area (Å²) >= 11 is 2.22. The molecule has 0 rings (SSSR count). The third-order valence-electron chi connectivity index (χ3n) is 1.24. The van der Waals surface area contributed by atoms with Crippen LogP contribution >= 0.6 is 15.9 Å². The number of ether oxygens (including phenoxy) is 1. The smallest absolute Gasteiger partial charge is 0.411 e. The molecule has 0 spiro atoms. The fourth-order valence-electron chi connectivity index (χ4n) is 0.524. The van der Waals surface area contributed by atoms with Gasteiger partial charge in [-0.05, 0) is 6.42 Å². The van der Waals surface area contributed by atoms with Crippen LogP contribution in [0.15, 0.2) is 0 Å². The van der Waals surface area contributed by atoms with Crippen LogP contribution in [0.25, 0.3) is 0 Å². The molecule has 0 saturated heterocycles. The summed E-state index contributed by atoms with van der Waals surface area (Å²) in [5.74, 6) is -1.28. The van der Waals surface area contributed by atoms with Crippen molar-refractivity contribution in [1.82, 2.24) is 0 Å². The summed E-state index contributed by atoms with van der Waals surface area (Å²) in [6.45, 7) is 1.89. The molecule has 0 amide bonds. The van der Waals surface area contributed by atoms with Gasteiger partial charge in [-0.15, -0.1) is 0 Å². The van der Waals surface area contributed by atoms with E-state index in [1.165, 1.54) is 0 Å². The number of rotatable bonds is 4. The first kappa shape index (κ1) is 12.7. The van der Waals surface area contributed by atoms with Crippen molar-refractivity contribution in [3.8, 4) is 0 Å². The van der Waals surface area contributed by atoms with Crippen molar-refractivity contribution in [2.45, 2.75) is 30.8 Å².